The lowest BCUT2D eigenvalue weighted by molar-refractivity contribution is -0.135. The number of anilines is 1. The van der Waals surface area contributed by atoms with E-state index in [0.29, 0.717) is 45.0 Å². The molecule has 118 valence electrons. The van der Waals surface area contributed by atoms with E-state index in [9.17, 15) is 9.59 Å². The van der Waals surface area contributed by atoms with E-state index in [4.69, 9.17) is 9.47 Å². The molecular formula is C16H20N2O4. The molecule has 6 heteroatoms. The Balaban J connectivity index is 1.68. The second-order valence-electron chi connectivity index (χ2n) is 5.46. The molecule has 1 saturated heterocycles. The van der Waals surface area contributed by atoms with Gasteiger partial charge >= 0.3 is 0 Å². The van der Waals surface area contributed by atoms with Crippen LogP contribution in [-0.4, -0.2) is 55.7 Å². The van der Waals surface area contributed by atoms with Gasteiger partial charge in [-0.15, -0.1) is 0 Å². The van der Waals surface area contributed by atoms with Gasteiger partial charge < -0.3 is 19.3 Å². The van der Waals surface area contributed by atoms with Crippen LogP contribution in [0.2, 0.25) is 0 Å². The Hall–Kier alpha value is -2.08. The van der Waals surface area contributed by atoms with Crippen LogP contribution in [0.25, 0.3) is 0 Å². The smallest absolute Gasteiger partial charge is 0.267 e. The Labute approximate surface area is 129 Å². The molecule has 0 N–H and O–H groups in total. The third-order valence-corrected chi connectivity index (χ3v) is 3.99. The monoisotopic (exact) mass is 304 g/mol. The van der Waals surface area contributed by atoms with Gasteiger partial charge in [0.1, 0.15) is 5.75 Å². The zero-order valence-corrected chi connectivity index (χ0v) is 12.7. The number of ether oxygens (including phenoxy) is 2. The molecule has 2 aliphatic rings. The molecule has 0 saturated carbocycles. The average Bonchev–Trinajstić information content (AvgIpc) is 2.56. The lowest BCUT2D eigenvalue weighted by Crippen LogP contribution is -2.47. The normalized spacial score (nSPS) is 21.3. The third kappa shape index (κ3) is 2.92. The summed E-state index contributed by atoms with van der Waals surface area (Å²) in [5, 5.41) is 0. The van der Waals surface area contributed by atoms with Crippen molar-refractivity contribution in [3.05, 3.63) is 24.3 Å². The number of carbonyl (C=O) groups excluding carboxylic acids is 2. The van der Waals surface area contributed by atoms with Crippen LogP contribution in [-0.2, 0) is 14.3 Å². The van der Waals surface area contributed by atoms with Gasteiger partial charge in [-0.1, -0.05) is 12.1 Å². The molecule has 0 aromatic heterocycles. The summed E-state index contributed by atoms with van der Waals surface area (Å²) in [5.74, 6) is 0.648. The first-order valence-corrected chi connectivity index (χ1v) is 7.59. The Morgan fingerprint density at radius 2 is 2.00 bits per heavy atom. The van der Waals surface area contributed by atoms with Crippen molar-refractivity contribution < 1.29 is 19.1 Å². The van der Waals surface area contributed by atoms with Crippen LogP contribution in [0.15, 0.2) is 24.3 Å². The minimum atomic E-state index is -0.520. The van der Waals surface area contributed by atoms with Crippen molar-refractivity contribution in [2.45, 2.75) is 19.4 Å². The number of benzene rings is 1. The minimum absolute atomic E-state index is 0.0627. The van der Waals surface area contributed by atoms with Crippen molar-refractivity contribution in [2.75, 3.05) is 37.7 Å². The van der Waals surface area contributed by atoms with E-state index in [1.807, 2.05) is 24.3 Å². The molecule has 1 atom stereocenters. The third-order valence-electron chi connectivity index (χ3n) is 3.99. The van der Waals surface area contributed by atoms with Crippen molar-refractivity contribution in [1.82, 2.24) is 4.90 Å². The molecule has 6 nitrogen and oxygen atoms in total. The lowest BCUT2D eigenvalue weighted by atomic mass is 10.1. The van der Waals surface area contributed by atoms with E-state index in [0.717, 1.165) is 5.69 Å². The van der Waals surface area contributed by atoms with Gasteiger partial charge in [0.05, 0.1) is 18.9 Å². The van der Waals surface area contributed by atoms with Crippen LogP contribution >= 0.6 is 0 Å². The second kappa shape index (κ2) is 6.36. The highest BCUT2D eigenvalue weighted by Gasteiger charge is 2.31. The highest BCUT2D eigenvalue weighted by Crippen LogP contribution is 2.33. The molecule has 2 amide bonds. The topological polar surface area (TPSA) is 59.1 Å². The molecular weight excluding hydrogens is 284 g/mol. The maximum atomic E-state index is 12.3. The van der Waals surface area contributed by atoms with E-state index in [-0.39, 0.29) is 11.8 Å². The number of nitrogens with zero attached hydrogens (tertiary/aromatic N) is 2. The number of para-hydroxylation sites is 2. The number of morpholine rings is 1. The Kier molecular flexibility index (Phi) is 4.29. The first kappa shape index (κ1) is 14.8. The van der Waals surface area contributed by atoms with E-state index < -0.39 is 6.10 Å². The maximum Gasteiger partial charge on any atom is 0.267 e. The zero-order chi connectivity index (χ0) is 15.5. The summed E-state index contributed by atoms with van der Waals surface area (Å²) < 4.78 is 10.8. The maximum absolute atomic E-state index is 12.3. The van der Waals surface area contributed by atoms with Gasteiger partial charge in [-0.3, -0.25) is 9.59 Å². The minimum Gasteiger partial charge on any atom is -0.479 e. The molecule has 22 heavy (non-hydrogen) atoms. The Morgan fingerprint density at radius 3 is 2.77 bits per heavy atom. The van der Waals surface area contributed by atoms with E-state index in [2.05, 4.69) is 0 Å². The largest absolute Gasteiger partial charge is 0.479 e. The Morgan fingerprint density at radius 1 is 1.27 bits per heavy atom. The SMILES string of the molecule is C[C@@H]1Oc2ccccc2N(CCC(=O)N2CCOCC2)C1=O. The van der Waals surface area contributed by atoms with Crippen molar-refractivity contribution in [1.29, 1.82) is 0 Å². The summed E-state index contributed by atoms with van der Waals surface area (Å²) in [6.07, 6.45) is -0.208. The number of amides is 2. The van der Waals surface area contributed by atoms with Gasteiger partial charge in [-0.25, -0.2) is 0 Å². The highest BCUT2D eigenvalue weighted by molar-refractivity contribution is 6.00. The predicted molar refractivity (Wildman–Crippen MR) is 80.9 cm³/mol. The van der Waals surface area contributed by atoms with Gasteiger partial charge in [0, 0.05) is 26.1 Å². The average molecular weight is 304 g/mol. The standard InChI is InChI=1S/C16H20N2O4/c1-12-16(20)18(13-4-2-3-5-14(13)22-12)7-6-15(19)17-8-10-21-11-9-17/h2-5,12H,6-11H2,1H3/t12-/m0/s1. The molecule has 1 fully saturated rings. The molecule has 0 spiro atoms. The fourth-order valence-electron chi connectivity index (χ4n) is 2.77. The van der Waals surface area contributed by atoms with Crippen molar-refractivity contribution >= 4 is 17.5 Å². The zero-order valence-electron chi connectivity index (χ0n) is 12.7. The van der Waals surface area contributed by atoms with Crippen LogP contribution in [0.4, 0.5) is 5.69 Å². The van der Waals surface area contributed by atoms with Gasteiger partial charge in [0.2, 0.25) is 5.91 Å². The van der Waals surface area contributed by atoms with Gasteiger partial charge in [-0.2, -0.15) is 0 Å². The summed E-state index contributed by atoms with van der Waals surface area (Å²) in [6.45, 7) is 4.53. The summed E-state index contributed by atoms with van der Waals surface area (Å²) in [5.41, 5.74) is 0.736. The number of carbonyl (C=O) groups is 2. The van der Waals surface area contributed by atoms with E-state index in [1.54, 1.807) is 16.7 Å². The van der Waals surface area contributed by atoms with Crippen molar-refractivity contribution in [2.24, 2.45) is 0 Å². The van der Waals surface area contributed by atoms with Gasteiger partial charge in [0.15, 0.2) is 6.10 Å². The van der Waals surface area contributed by atoms with Crippen LogP contribution in [0, 0.1) is 0 Å². The van der Waals surface area contributed by atoms with Crippen LogP contribution in [0.5, 0.6) is 5.75 Å². The number of hydrogen-bond acceptors (Lipinski definition) is 4. The Bertz CT molecular complexity index is 569. The number of fused-ring (bicyclic) bond motifs is 1. The summed E-state index contributed by atoms with van der Waals surface area (Å²) in [4.78, 5) is 28.0. The molecule has 0 bridgehead atoms. The molecule has 1 aromatic carbocycles. The fraction of sp³-hybridized carbons (Fsp3) is 0.500. The second-order valence-corrected chi connectivity index (χ2v) is 5.46. The fourth-order valence-corrected chi connectivity index (χ4v) is 2.77. The van der Waals surface area contributed by atoms with Crippen LogP contribution in [0.1, 0.15) is 13.3 Å². The number of hydrogen-bond donors (Lipinski definition) is 0. The summed E-state index contributed by atoms with van der Waals surface area (Å²) in [6, 6.07) is 7.42. The highest BCUT2D eigenvalue weighted by atomic mass is 16.5. The van der Waals surface area contributed by atoms with Crippen molar-refractivity contribution in [3.8, 4) is 5.75 Å². The first-order chi connectivity index (χ1) is 10.7. The predicted octanol–water partition coefficient (Wildman–Crippen LogP) is 1.05. The van der Waals surface area contributed by atoms with Gasteiger partial charge in [0.25, 0.3) is 5.91 Å². The van der Waals surface area contributed by atoms with Gasteiger partial charge in [-0.05, 0) is 19.1 Å². The molecule has 0 aliphatic carbocycles. The molecule has 1 aromatic rings. The lowest BCUT2D eigenvalue weighted by Gasteiger charge is -2.33. The van der Waals surface area contributed by atoms with Crippen LogP contribution < -0.4 is 9.64 Å². The molecule has 0 unspecified atom stereocenters. The first-order valence-electron chi connectivity index (χ1n) is 7.59. The molecule has 2 heterocycles. The quantitative estimate of drug-likeness (QED) is 0.837. The molecule has 0 radical (unpaired) electrons. The summed E-state index contributed by atoms with van der Waals surface area (Å²) >= 11 is 0. The van der Waals surface area contributed by atoms with E-state index in [1.165, 1.54) is 0 Å². The molecule has 3 rings (SSSR count). The van der Waals surface area contributed by atoms with Crippen molar-refractivity contribution in [3.63, 3.8) is 0 Å². The van der Waals surface area contributed by atoms with E-state index >= 15 is 0 Å². The summed E-state index contributed by atoms with van der Waals surface area (Å²) in [7, 11) is 0. The molecule has 2 aliphatic heterocycles. The van der Waals surface area contributed by atoms with Crippen LogP contribution in [0.3, 0.4) is 0 Å². The number of rotatable bonds is 3.